The number of carbonyl (C=O) groups is 9. The minimum Gasteiger partial charge on any atom is -0.845 e. The first-order chi connectivity index (χ1) is 17.3. The first kappa shape index (κ1) is 47.6. The van der Waals surface area contributed by atoms with Gasteiger partial charge in [-0.25, -0.2) is 0 Å². The van der Waals surface area contributed by atoms with E-state index in [-0.39, 0.29) is 51.3 Å². The summed E-state index contributed by atoms with van der Waals surface area (Å²) in [5.41, 5.74) is -9.67. The van der Waals surface area contributed by atoms with E-state index in [9.17, 15) is 104 Å². The maximum absolute atomic E-state index is 10.9. The molecule has 0 saturated carbocycles. The van der Waals surface area contributed by atoms with Crippen LogP contribution in [0.25, 0.3) is 0 Å². The minimum atomic E-state index is -3.22. The molecule has 23 heteroatoms. The van der Waals surface area contributed by atoms with Gasteiger partial charge in [-0.2, -0.15) is 0 Å². The third-order valence-corrected chi connectivity index (χ3v) is 3.70. The predicted octanol–water partition coefficient (Wildman–Crippen LogP) is -20.7. The molecule has 0 rings (SSSR count). The molecule has 0 saturated heterocycles. The second-order valence-corrected chi connectivity index (χ2v) is 7.14. The quantitative estimate of drug-likeness (QED) is 0.151. The Hall–Kier alpha value is -3.18. The summed E-state index contributed by atoms with van der Waals surface area (Å²) in [6, 6.07) is 0. The van der Waals surface area contributed by atoms with Crippen LogP contribution in [0.4, 0.5) is 0 Å². The largest absolute Gasteiger partial charge is 4.00 e. The van der Waals surface area contributed by atoms with Gasteiger partial charge in [0.25, 0.3) is 0 Å². The van der Waals surface area contributed by atoms with Crippen LogP contribution in [-0.4, -0.2) is 70.5 Å². The van der Waals surface area contributed by atoms with Gasteiger partial charge in [0.1, 0.15) is 0 Å². The van der Waals surface area contributed by atoms with Gasteiger partial charge in [-0.1, -0.05) is 16.8 Å². The van der Waals surface area contributed by atoms with E-state index >= 15 is 0 Å². The van der Waals surface area contributed by atoms with E-state index in [0.29, 0.717) is 0 Å². The van der Waals surface area contributed by atoms with Crippen molar-refractivity contribution in [3.63, 3.8) is 0 Å². The molecule has 0 aliphatic carbocycles. The maximum atomic E-state index is 10.9. The SMILES string of the molecule is O=C([O-])CC([O-])(CC(=O)[O-])C(=O)[O-].O=C([O-])CC([O-])(CC(=O)[O-])C(=O)[O-].O=C([O-])CC([O-])(CC(=O)[O-])C(=O)[O-].[Na+].[Ti+4]. The molecule has 0 heterocycles. The summed E-state index contributed by atoms with van der Waals surface area (Å²) in [5, 5.41) is 122. The molecule has 0 aromatic carbocycles. The zero-order valence-electron chi connectivity index (χ0n) is 20.3. The Morgan fingerprint density at radius 3 is 0.488 bits per heavy atom. The van der Waals surface area contributed by atoms with E-state index in [0.717, 1.165) is 0 Å². The van der Waals surface area contributed by atoms with Crippen LogP contribution in [0.2, 0.25) is 0 Å². The summed E-state index contributed by atoms with van der Waals surface area (Å²) >= 11 is 0. The number of hydrogen-bond acceptors (Lipinski definition) is 21. The average Bonchev–Trinajstić information content (AvgIpc) is 2.64. The molecule has 0 N–H and O–H groups in total. The molecule has 0 spiro atoms. The van der Waals surface area contributed by atoms with Crippen molar-refractivity contribution in [3.8, 4) is 0 Å². The van der Waals surface area contributed by atoms with Crippen molar-refractivity contribution in [3.05, 3.63) is 0 Å². The van der Waals surface area contributed by atoms with Gasteiger partial charge in [-0.15, -0.1) is 0 Å². The average molecular weight is 635 g/mol. The van der Waals surface area contributed by atoms with Crippen molar-refractivity contribution < 1.29 is 156 Å². The van der Waals surface area contributed by atoms with Crippen LogP contribution in [0.3, 0.4) is 0 Å². The Kier molecular flexibility index (Phi) is 24.0. The van der Waals surface area contributed by atoms with Crippen LogP contribution < -0.4 is 90.8 Å². The molecule has 41 heavy (non-hydrogen) atoms. The van der Waals surface area contributed by atoms with Crippen molar-refractivity contribution in [2.24, 2.45) is 0 Å². The zero-order chi connectivity index (χ0) is 31.9. The Morgan fingerprint density at radius 2 is 0.439 bits per heavy atom. The fourth-order valence-corrected chi connectivity index (χ4v) is 2.02. The minimum absolute atomic E-state index is 0. The summed E-state index contributed by atoms with van der Waals surface area (Å²) in [6.07, 6.45) is -8.81. The van der Waals surface area contributed by atoms with E-state index in [1.807, 2.05) is 0 Å². The van der Waals surface area contributed by atoms with Crippen molar-refractivity contribution in [1.29, 1.82) is 0 Å². The second-order valence-electron chi connectivity index (χ2n) is 7.14. The molecule has 21 nitrogen and oxygen atoms in total. The monoisotopic (exact) mass is 635 g/mol. The smallest absolute Gasteiger partial charge is 0.845 e. The molecular formula is C18H12NaO21Ti-7. The summed E-state index contributed by atoms with van der Waals surface area (Å²) in [6.45, 7) is 0. The number of carboxylic acids is 9. The summed E-state index contributed by atoms with van der Waals surface area (Å²) < 4.78 is 0. The van der Waals surface area contributed by atoms with Crippen molar-refractivity contribution in [2.75, 3.05) is 0 Å². The maximum Gasteiger partial charge on any atom is 4.00 e. The van der Waals surface area contributed by atoms with E-state index in [1.165, 1.54) is 0 Å². The first-order valence-corrected chi connectivity index (χ1v) is 9.28. The topological polar surface area (TPSA) is 430 Å². The van der Waals surface area contributed by atoms with Gasteiger partial charge in [0, 0.05) is 53.7 Å². The predicted molar refractivity (Wildman–Crippen MR) is 81.0 cm³/mol. The summed E-state index contributed by atoms with van der Waals surface area (Å²) in [4.78, 5) is 89.6. The second kappa shape index (κ2) is 20.7. The van der Waals surface area contributed by atoms with Crippen molar-refractivity contribution in [2.45, 2.75) is 55.3 Å². The number of carboxylic acid groups (broad SMARTS) is 9. The molecule has 0 aliphatic rings. The van der Waals surface area contributed by atoms with Crippen LogP contribution in [0.1, 0.15) is 38.5 Å². The molecule has 0 aliphatic heterocycles. The molecule has 0 atom stereocenters. The fraction of sp³-hybridized carbons (Fsp3) is 0.500. The third-order valence-electron chi connectivity index (χ3n) is 3.70. The van der Waals surface area contributed by atoms with Gasteiger partial charge in [0.05, 0.1) is 0 Å². The Balaban J connectivity index is -0.000000154. The van der Waals surface area contributed by atoms with E-state index < -0.39 is 109 Å². The van der Waals surface area contributed by atoms with E-state index in [1.54, 1.807) is 0 Å². The zero-order valence-corrected chi connectivity index (χ0v) is 23.9. The molecule has 0 radical (unpaired) electrons. The van der Waals surface area contributed by atoms with Gasteiger partial charge in [-0.3, -0.25) is 0 Å². The van der Waals surface area contributed by atoms with Gasteiger partial charge in [-0.05, 0) is 38.5 Å². The van der Waals surface area contributed by atoms with Crippen LogP contribution in [-0.2, 0) is 64.9 Å². The number of hydrogen-bond donors (Lipinski definition) is 0. The Morgan fingerprint density at radius 1 is 0.341 bits per heavy atom. The van der Waals surface area contributed by atoms with E-state index in [4.69, 9.17) is 0 Å². The van der Waals surface area contributed by atoms with E-state index in [2.05, 4.69) is 0 Å². The van der Waals surface area contributed by atoms with Gasteiger partial charge in [0.2, 0.25) is 0 Å². The fourth-order valence-electron chi connectivity index (χ4n) is 2.02. The third kappa shape index (κ3) is 22.2. The Bertz CT molecular complexity index is 819. The molecule has 0 unspecified atom stereocenters. The van der Waals surface area contributed by atoms with Crippen LogP contribution >= 0.6 is 0 Å². The molecule has 0 aromatic rings. The molecular weight excluding hydrogens is 623 g/mol. The normalized spacial score (nSPS) is 10.3. The van der Waals surface area contributed by atoms with Crippen molar-refractivity contribution >= 4 is 53.7 Å². The molecule has 222 valence electrons. The molecule has 0 amide bonds. The summed E-state index contributed by atoms with van der Waals surface area (Å²) in [5.74, 6) is -18.7. The molecule has 0 fully saturated rings. The number of rotatable bonds is 15. The van der Waals surface area contributed by atoms with Gasteiger partial charge < -0.3 is 104 Å². The standard InChI is InChI=1S/3C6H7O7.Na.Ti/c3*7-3(8)1-6(13,5(11)12)2-4(9)10;;/h3*1-2H2,(H,7,8)(H,9,10)(H,11,12);;/q3*-1;+1;+4/p-9. The van der Waals surface area contributed by atoms with Crippen LogP contribution in [0, 0.1) is 0 Å². The molecule has 0 aromatic heterocycles. The van der Waals surface area contributed by atoms with Crippen LogP contribution in [0.5, 0.6) is 0 Å². The number of aliphatic carboxylic acids is 9. The van der Waals surface area contributed by atoms with Gasteiger partial charge >= 0.3 is 51.3 Å². The molecule has 0 bridgehead atoms. The first-order valence-electron chi connectivity index (χ1n) is 9.28. The van der Waals surface area contributed by atoms with Gasteiger partial charge in [0.15, 0.2) is 0 Å². The van der Waals surface area contributed by atoms with Crippen molar-refractivity contribution in [1.82, 2.24) is 0 Å². The summed E-state index contributed by atoms with van der Waals surface area (Å²) in [7, 11) is 0. The number of carbonyl (C=O) groups excluding carboxylic acids is 9. The van der Waals surface area contributed by atoms with Crippen LogP contribution in [0.15, 0.2) is 0 Å². The Labute approximate surface area is 263 Å².